The minimum absolute atomic E-state index is 0.0355. The molecule has 1 saturated carbocycles. The van der Waals surface area contributed by atoms with E-state index in [1.807, 2.05) is 0 Å². The third-order valence-corrected chi connectivity index (χ3v) is 3.72. The van der Waals surface area contributed by atoms with Crippen molar-refractivity contribution in [1.29, 1.82) is 0 Å². The number of hydrogen-bond acceptors (Lipinski definition) is 3. The van der Waals surface area contributed by atoms with E-state index in [0.29, 0.717) is 5.56 Å². The molecule has 23 heavy (non-hydrogen) atoms. The Morgan fingerprint density at radius 1 is 1.30 bits per heavy atom. The van der Waals surface area contributed by atoms with Crippen LogP contribution in [0, 0.1) is 6.92 Å². The number of ether oxygens (including phenoxy) is 1. The summed E-state index contributed by atoms with van der Waals surface area (Å²) in [4.78, 5) is 23.1. The molecular weight excluding hydrogens is 308 g/mol. The Hall–Kier alpha value is -2.18. The number of carboxylic acid groups (broad SMARTS) is 1. The lowest BCUT2D eigenvalue weighted by Gasteiger charge is -2.21. The summed E-state index contributed by atoms with van der Waals surface area (Å²) in [5.74, 6) is -4.87. The van der Waals surface area contributed by atoms with Gasteiger partial charge in [0.15, 0.2) is 5.41 Å². The lowest BCUT2D eigenvalue weighted by molar-refractivity contribution is -0.142. The molecule has 0 spiro atoms. The van der Waals surface area contributed by atoms with E-state index in [2.05, 4.69) is 5.32 Å². The number of carbonyl (C=O) groups excluding carboxylic acids is 1. The number of anilines is 1. The van der Waals surface area contributed by atoms with Gasteiger partial charge in [-0.2, -0.15) is 0 Å². The van der Waals surface area contributed by atoms with Crippen LogP contribution in [0.5, 0.6) is 0 Å². The van der Waals surface area contributed by atoms with Gasteiger partial charge in [-0.1, -0.05) is 12.1 Å². The molecule has 7 heteroatoms. The third kappa shape index (κ3) is 3.13. The quantitative estimate of drug-likeness (QED) is 0.887. The monoisotopic (exact) mass is 327 g/mol. The van der Waals surface area contributed by atoms with Crippen LogP contribution in [0.15, 0.2) is 18.2 Å². The zero-order chi connectivity index (χ0) is 17.6. The minimum atomic E-state index is -3.29. The van der Waals surface area contributed by atoms with Gasteiger partial charge in [-0.3, -0.25) is 10.1 Å². The van der Waals surface area contributed by atoms with Crippen LogP contribution in [-0.2, 0) is 14.9 Å². The molecule has 0 radical (unpaired) electrons. The van der Waals surface area contributed by atoms with Gasteiger partial charge in [0.25, 0.3) is 5.92 Å². The van der Waals surface area contributed by atoms with Crippen LogP contribution in [0.1, 0.15) is 38.3 Å². The minimum Gasteiger partial charge on any atom is -0.480 e. The van der Waals surface area contributed by atoms with Crippen molar-refractivity contribution in [1.82, 2.24) is 0 Å². The maximum Gasteiger partial charge on any atom is 0.412 e. The first-order valence-corrected chi connectivity index (χ1v) is 7.11. The summed E-state index contributed by atoms with van der Waals surface area (Å²) in [5.41, 5.74) is -2.09. The standard InChI is InChI=1S/C16H19F2NO4/c1-9-5-6-10(15(12(20)21)8-16(15,17)18)7-11(9)19-13(22)23-14(2,3)4/h5-7H,8H2,1-4H3,(H,19,22)(H,20,21). The van der Waals surface area contributed by atoms with Crippen LogP contribution in [0.3, 0.4) is 0 Å². The first-order valence-electron chi connectivity index (χ1n) is 7.11. The van der Waals surface area contributed by atoms with Gasteiger partial charge in [-0.25, -0.2) is 13.6 Å². The number of aryl methyl sites for hydroxylation is 1. The predicted octanol–water partition coefficient (Wildman–Crippen LogP) is 3.70. The number of amides is 1. The van der Waals surface area contributed by atoms with Crippen molar-refractivity contribution < 1.29 is 28.2 Å². The van der Waals surface area contributed by atoms with Crippen LogP contribution in [0.25, 0.3) is 0 Å². The fraction of sp³-hybridized carbons (Fsp3) is 0.500. The van der Waals surface area contributed by atoms with E-state index >= 15 is 0 Å². The zero-order valence-corrected chi connectivity index (χ0v) is 13.4. The maximum atomic E-state index is 13.6. The molecule has 0 aliphatic heterocycles. The van der Waals surface area contributed by atoms with E-state index in [4.69, 9.17) is 4.74 Å². The highest BCUT2D eigenvalue weighted by Gasteiger charge is 2.77. The van der Waals surface area contributed by atoms with Crippen molar-refractivity contribution in [3.05, 3.63) is 29.3 Å². The molecule has 1 fully saturated rings. The van der Waals surface area contributed by atoms with Crippen molar-refractivity contribution in [2.45, 2.75) is 51.1 Å². The zero-order valence-electron chi connectivity index (χ0n) is 13.4. The molecular formula is C16H19F2NO4. The molecule has 0 aromatic heterocycles. The normalized spacial score (nSPS) is 22.3. The number of carboxylic acids is 1. The van der Waals surface area contributed by atoms with E-state index < -0.39 is 35.4 Å². The van der Waals surface area contributed by atoms with E-state index in [1.54, 1.807) is 27.7 Å². The highest BCUT2D eigenvalue weighted by atomic mass is 19.3. The number of hydrogen-bond donors (Lipinski definition) is 2. The molecule has 0 bridgehead atoms. The Balaban J connectivity index is 2.31. The summed E-state index contributed by atoms with van der Waals surface area (Å²) in [7, 11) is 0. The Kier molecular flexibility index (Phi) is 3.87. The second-order valence-electron chi connectivity index (χ2n) is 6.75. The number of benzene rings is 1. The van der Waals surface area contributed by atoms with Gasteiger partial charge in [0.2, 0.25) is 0 Å². The lowest BCUT2D eigenvalue weighted by atomic mass is 9.93. The van der Waals surface area contributed by atoms with Gasteiger partial charge in [-0.05, 0) is 44.9 Å². The summed E-state index contributed by atoms with van der Waals surface area (Å²) in [6.45, 7) is 6.76. The molecule has 2 rings (SSSR count). The number of nitrogens with one attached hydrogen (secondary N) is 1. The molecule has 1 unspecified atom stereocenters. The summed E-state index contributed by atoms with van der Waals surface area (Å²) < 4.78 is 32.3. The van der Waals surface area contributed by atoms with Crippen LogP contribution >= 0.6 is 0 Å². The van der Waals surface area contributed by atoms with Crippen molar-refractivity contribution in [2.75, 3.05) is 5.32 Å². The summed E-state index contributed by atoms with van der Waals surface area (Å²) in [5, 5.41) is 11.7. The molecule has 2 N–H and O–H groups in total. The lowest BCUT2D eigenvalue weighted by Crippen LogP contribution is -2.29. The molecule has 1 aliphatic carbocycles. The summed E-state index contributed by atoms with van der Waals surface area (Å²) >= 11 is 0. The van der Waals surface area contributed by atoms with Crippen LogP contribution in [0.4, 0.5) is 19.3 Å². The van der Waals surface area contributed by atoms with Crippen molar-refractivity contribution in [3.8, 4) is 0 Å². The molecule has 1 aromatic carbocycles. The van der Waals surface area contributed by atoms with Crippen molar-refractivity contribution >= 4 is 17.7 Å². The molecule has 1 amide bonds. The average molecular weight is 327 g/mol. The fourth-order valence-corrected chi connectivity index (χ4v) is 2.39. The number of alkyl halides is 2. The largest absolute Gasteiger partial charge is 0.480 e. The van der Waals surface area contributed by atoms with Crippen LogP contribution in [0.2, 0.25) is 0 Å². The second-order valence-corrected chi connectivity index (χ2v) is 6.75. The van der Waals surface area contributed by atoms with E-state index in [-0.39, 0.29) is 11.3 Å². The van der Waals surface area contributed by atoms with Gasteiger partial charge in [0.05, 0.1) is 0 Å². The molecule has 1 aromatic rings. The Morgan fingerprint density at radius 3 is 2.30 bits per heavy atom. The summed E-state index contributed by atoms with van der Waals surface area (Å²) in [6.07, 6.45) is -1.48. The predicted molar refractivity (Wildman–Crippen MR) is 79.9 cm³/mol. The molecule has 5 nitrogen and oxygen atoms in total. The smallest absolute Gasteiger partial charge is 0.412 e. The average Bonchev–Trinajstić information content (AvgIpc) is 2.94. The maximum absolute atomic E-state index is 13.6. The van der Waals surface area contributed by atoms with Crippen molar-refractivity contribution in [2.24, 2.45) is 0 Å². The highest BCUT2D eigenvalue weighted by Crippen LogP contribution is 2.62. The Bertz CT molecular complexity index is 667. The van der Waals surface area contributed by atoms with E-state index in [0.717, 1.165) is 0 Å². The van der Waals surface area contributed by atoms with Gasteiger partial charge in [0, 0.05) is 12.1 Å². The van der Waals surface area contributed by atoms with Crippen LogP contribution < -0.4 is 5.32 Å². The Labute approximate surface area is 132 Å². The highest BCUT2D eigenvalue weighted by molar-refractivity contribution is 5.90. The molecule has 126 valence electrons. The topological polar surface area (TPSA) is 75.6 Å². The first kappa shape index (κ1) is 17.2. The third-order valence-electron chi connectivity index (χ3n) is 3.72. The van der Waals surface area contributed by atoms with Gasteiger partial charge in [0.1, 0.15) is 5.60 Å². The van der Waals surface area contributed by atoms with Gasteiger partial charge < -0.3 is 9.84 Å². The molecule has 0 saturated heterocycles. The van der Waals surface area contributed by atoms with Gasteiger partial charge >= 0.3 is 12.1 Å². The molecule has 1 aliphatic rings. The number of carbonyl (C=O) groups is 2. The fourth-order valence-electron chi connectivity index (χ4n) is 2.39. The summed E-state index contributed by atoms with van der Waals surface area (Å²) in [6, 6.07) is 4.13. The Morgan fingerprint density at radius 2 is 1.87 bits per heavy atom. The van der Waals surface area contributed by atoms with Gasteiger partial charge in [-0.15, -0.1) is 0 Å². The van der Waals surface area contributed by atoms with E-state index in [9.17, 15) is 23.5 Å². The number of aliphatic carboxylic acids is 1. The van der Waals surface area contributed by atoms with Crippen molar-refractivity contribution in [3.63, 3.8) is 0 Å². The van der Waals surface area contributed by atoms with E-state index in [1.165, 1.54) is 18.2 Å². The number of rotatable bonds is 3. The molecule has 1 atom stereocenters. The second kappa shape index (κ2) is 5.18. The first-order chi connectivity index (χ1) is 10.4. The number of halogens is 2. The molecule has 0 heterocycles. The SMILES string of the molecule is Cc1ccc(C2(C(=O)O)CC2(F)F)cc1NC(=O)OC(C)(C)C. The van der Waals surface area contributed by atoms with Crippen LogP contribution in [-0.4, -0.2) is 28.7 Å².